The van der Waals surface area contributed by atoms with E-state index in [1.165, 1.54) is 5.56 Å². The number of carbonyl (C=O) groups excluding carboxylic acids is 1. The molecule has 1 unspecified atom stereocenters. The smallest absolute Gasteiger partial charge is 0.223 e. The fraction of sp³-hybridized carbons (Fsp3) is 0.409. The van der Waals surface area contributed by atoms with Crippen molar-refractivity contribution in [3.63, 3.8) is 0 Å². The van der Waals surface area contributed by atoms with E-state index in [2.05, 4.69) is 24.3 Å². The van der Waals surface area contributed by atoms with Gasteiger partial charge in [0.1, 0.15) is 5.75 Å². The summed E-state index contributed by atoms with van der Waals surface area (Å²) in [5, 5.41) is 0. The summed E-state index contributed by atoms with van der Waals surface area (Å²) in [6.45, 7) is 5.85. The summed E-state index contributed by atoms with van der Waals surface area (Å²) in [5.41, 5.74) is 2.35. The third-order valence-corrected chi connectivity index (χ3v) is 4.69. The summed E-state index contributed by atoms with van der Waals surface area (Å²) in [6, 6.07) is 18.5. The van der Waals surface area contributed by atoms with Crippen molar-refractivity contribution in [1.82, 2.24) is 4.90 Å². The van der Waals surface area contributed by atoms with Gasteiger partial charge in [0.2, 0.25) is 5.91 Å². The van der Waals surface area contributed by atoms with Crippen LogP contribution in [0.15, 0.2) is 54.6 Å². The van der Waals surface area contributed by atoms with Crippen LogP contribution in [0.5, 0.6) is 5.75 Å². The number of ether oxygens (including phenoxy) is 1. The van der Waals surface area contributed by atoms with Crippen LogP contribution in [0.4, 0.5) is 0 Å². The molecule has 0 aliphatic carbocycles. The minimum atomic E-state index is 0.0856. The zero-order valence-corrected chi connectivity index (χ0v) is 15.2. The monoisotopic (exact) mass is 337 g/mol. The summed E-state index contributed by atoms with van der Waals surface area (Å²) < 4.78 is 5.74. The van der Waals surface area contributed by atoms with Crippen molar-refractivity contribution >= 4 is 5.91 Å². The maximum absolute atomic E-state index is 12.7. The molecule has 1 atom stereocenters. The van der Waals surface area contributed by atoms with Gasteiger partial charge in [-0.3, -0.25) is 4.79 Å². The maximum atomic E-state index is 12.7. The fourth-order valence-electron chi connectivity index (χ4n) is 3.43. The average molecular weight is 337 g/mol. The summed E-state index contributed by atoms with van der Waals surface area (Å²) in [5.74, 6) is 1.22. The van der Waals surface area contributed by atoms with Crippen LogP contribution in [-0.4, -0.2) is 30.0 Å². The van der Waals surface area contributed by atoms with Crippen molar-refractivity contribution < 1.29 is 9.53 Å². The molecule has 132 valence electrons. The van der Waals surface area contributed by atoms with Crippen molar-refractivity contribution in [1.29, 1.82) is 0 Å². The van der Waals surface area contributed by atoms with Crippen molar-refractivity contribution in [3.05, 3.63) is 65.7 Å². The van der Waals surface area contributed by atoms with E-state index < -0.39 is 0 Å². The predicted molar refractivity (Wildman–Crippen MR) is 101 cm³/mol. The van der Waals surface area contributed by atoms with Gasteiger partial charge in [-0.15, -0.1) is 0 Å². The fourth-order valence-corrected chi connectivity index (χ4v) is 3.43. The van der Waals surface area contributed by atoms with Gasteiger partial charge in [0.05, 0.1) is 6.10 Å². The van der Waals surface area contributed by atoms with Gasteiger partial charge in [-0.25, -0.2) is 0 Å². The number of hydrogen-bond donors (Lipinski definition) is 0. The molecule has 1 saturated heterocycles. The number of rotatable bonds is 6. The minimum absolute atomic E-state index is 0.0856. The Labute approximate surface area is 150 Å². The lowest BCUT2D eigenvalue weighted by Gasteiger charge is -2.22. The summed E-state index contributed by atoms with van der Waals surface area (Å²) in [7, 11) is 0. The number of amides is 1. The molecule has 3 rings (SSSR count). The molecule has 1 aliphatic rings. The first-order chi connectivity index (χ1) is 12.1. The van der Waals surface area contributed by atoms with Gasteiger partial charge in [-0.2, -0.15) is 0 Å². The zero-order valence-electron chi connectivity index (χ0n) is 15.2. The molecule has 1 amide bonds. The molecule has 3 heteroatoms. The van der Waals surface area contributed by atoms with E-state index in [-0.39, 0.29) is 17.9 Å². The van der Waals surface area contributed by atoms with Crippen LogP contribution >= 0.6 is 0 Å². The third kappa shape index (κ3) is 4.62. The highest BCUT2D eigenvalue weighted by molar-refractivity contribution is 5.78. The van der Waals surface area contributed by atoms with Crippen LogP contribution in [0.25, 0.3) is 0 Å². The van der Waals surface area contributed by atoms with Gasteiger partial charge in [-0.05, 0) is 49.9 Å². The van der Waals surface area contributed by atoms with E-state index in [1.54, 1.807) is 0 Å². The van der Waals surface area contributed by atoms with E-state index in [4.69, 9.17) is 4.74 Å². The Bertz CT molecular complexity index is 673. The van der Waals surface area contributed by atoms with Crippen molar-refractivity contribution in [2.75, 3.05) is 13.1 Å². The Morgan fingerprint density at radius 1 is 0.960 bits per heavy atom. The molecule has 0 spiro atoms. The number of benzene rings is 2. The SMILES string of the molecule is CC(C)Oc1ccc(C(CC(=O)N2CCCC2)c2ccccc2)cc1. The molecule has 2 aromatic carbocycles. The number of carbonyl (C=O) groups is 1. The van der Waals surface area contributed by atoms with Gasteiger partial charge in [0.15, 0.2) is 0 Å². The lowest BCUT2D eigenvalue weighted by atomic mass is 9.88. The van der Waals surface area contributed by atoms with Crippen LogP contribution < -0.4 is 4.74 Å². The molecule has 1 fully saturated rings. The highest BCUT2D eigenvalue weighted by Gasteiger charge is 2.24. The van der Waals surface area contributed by atoms with E-state index in [9.17, 15) is 4.79 Å². The van der Waals surface area contributed by atoms with Gasteiger partial charge in [-0.1, -0.05) is 42.5 Å². The highest BCUT2D eigenvalue weighted by atomic mass is 16.5. The van der Waals surface area contributed by atoms with Crippen LogP contribution in [0.3, 0.4) is 0 Å². The van der Waals surface area contributed by atoms with Gasteiger partial charge in [0, 0.05) is 25.4 Å². The lowest BCUT2D eigenvalue weighted by Crippen LogP contribution is -2.29. The molecular weight excluding hydrogens is 310 g/mol. The summed E-state index contributed by atoms with van der Waals surface area (Å²) in [6.07, 6.45) is 2.94. The van der Waals surface area contributed by atoms with E-state index in [0.717, 1.165) is 37.2 Å². The van der Waals surface area contributed by atoms with E-state index >= 15 is 0 Å². The van der Waals surface area contributed by atoms with Crippen molar-refractivity contribution in [2.24, 2.45) is 0 Å². The third-order valence-electron chi connectivity index (χ3n) is 4.69. The topological polar surface area (TPSA) is 29.5 Å². The molecule has 3 nitrogen and oxygen atoms in total. The summed E-state index contributed by atoms with van der Waals surface area (Å²) >= 11 is 0. The molecule has 0 aromatic heterocycles. The van der Waals surface area contributed by atoms with Crippen LogP contribution in [-0.2, 0) is 4.79 Å². The average Bonchev–Trinajstić information content (AvgIpc) is 3.15. The number of hydrogen-bond acceptors (Lipinski definition) is 2. The molecule has 25 heavy (non-hydrogen) atoms. The first kappa shape index (κ1) is 17.5. The first-order valence-corrected chi connectivity index (χ1v) is 9.23. The largest absolute Gasteiger partial charge is 0.491 e. The normalized spacial score (nSPS) is 15.4. The number of likely N-dealkylation sites (tertiary alicyclic amines) is 1. The Balaban J connectivity index is 1.82. The molecule has 2 aromatic rings. The van der Waals surface area contributed by atoms with Crippen molar-refractivity contribution in [2.45, 2.75) is 45.1 Å². The number of nitrogens with zero attached hydrogens (tertiary/aromatic N) is 1. The van der Waals surface area contributed by atoms with Crippen LogP contribution in [0, 0.1) is 0 Å². The predicted octanol–water partition coefficient (Wildman–Crippen LogP) is 4.62. The molecule has 1 heterocycles. The molecule has 1 aliphatic heterocycles. The quantitative estimate of drug-likeness (QED) is 0.770. The van der Waals surface area contributed by atoms with Gasteiger partial charge in [0.25, 0.3) is 0 Å². The second kappa shape index (κ2) is 8.19. The van der Waals surface area contributed by atoms with Crippen LogP contribution in [0.2, 0.25) is 0 Å². The van der Waals surface area contributed by atoms with Gasteiger partial charge >= 0.3 is 0 Å². The highest BCUT2D eigenvalue weighted by Crippen LogP contribution is 2.30. The second-order valence-corrected chi connectivity index (χ2v) is 6.99. The molecular formula is C22H27NO2. The first-order valence-electron chi connectivity index (χ1n) is 9.23. The zero-order chi connectivity index (χ0) is 17.6. The maximum Gasteiger partial charge on any atom is 0.223 e. The summed E-state index contributed by atoms with van der Waals surface area (Å²) in [4.78, 5) is 14.7. The second-order valence-electron chi connectivity index (χ2n) is 6.99. The van der Waals surface area contributed by atoms with Crippen molar-refractivity contribution in [3.8, 4) is 5.75 Å². The Morgan fingerprint density at radius 2 is 1.56 bits per heavy atom. The molecule has 0 radical (unpaired) electrons. The Morgan fingerprint density at radius 3 is 2.16 bits per heavy atom. The van der Waals surface area contributed by atoms with E-state index in [0.29, 0.717) is 6.42 Å². The Kier molecular flexibility index (Phi) is 5.75. The molecule has 0 bridgehead atoms. The van der Waals surface area contributed by atoms with Crippen LogP contribution in [0.1, 0.15) is 50.2 Å². The lowest BCUT2D eigenvalue weighted by molar-refractivity contribution is -0.130. The minimum Gasteiger partial charge on any atom is -0.491 e. The molecule has 0 N–H and O–H groups in total. The standard InChI is InChI=1S/C22H27NO2/c1-17(2)25-20-12-10-19(11-13-20)21(18-8-4-3-5-9-18)16-22(24)23-14-6-7-15-23/h3-5,8-13,17,21H,6-7,14-16H2,1-2H3. The molecule has 0 saturated carbocycles. The van der Waals surface area contributed by atoms with Gasteiger partial charge < -0.3 is 9.64 Å². The van der Waals surface area contributed by atoms with E-state index in [1.807, 2.05) is 49.1 Å². The Hall–Kier alpha value is -2.29.